The summed E-state index contributed by atoms with van der Waals surface area (Å²) in [6.07, 6.45) is 6.10. The van der Waals surface area contributed by atoms with Crippen LogP contribution in [0.5, 0.6) is 5.75 Å². The van der Waals surface area contributed by atoms with Gasteiger partial charge < -0.3 is 15.0 Å². The molecule has 0 aliphatic carbocycles. The highest BCUT2D eigenvalue weighted by atomic mass is 35.5. The first kappa shape index (κ1) is 30.3. The molecule has 5 rings (SSSR count). The zero-order valence-corrected chi connectivity index (χ0v) is 26.0. The van der Waals surface area contributed by atoms with Crippen LogP contribution in [-0.4, -0.2) is 65.1 Å². The molecule has 15 heteroatoms. The summed E-state index contributed by atoms with van der Waals surface area (Å²) in [5, 5.41) is 8.17. The number of aromatic nitrogens is 5. The number of piperidine rings is 1. The average Bonchev–Trinajstić information content (AvgIpc) is 3.44. The summed E-state index contributed by atoms with van der Waals surface area (Å²) >= 11 is 6.03. The van der Waals surface area contributed by atoms with Crippen molar-refractivity contribution in [3.63, 3.8) is 0 Å². The first-order valence-electron chi connectivity index (χ1n) is 13.6. The van der Waals surface area contributed by atoms with Crippen LogP contribution < -0.4 is 25.2 Å². The zero-order chi connectivity index (χ0) is 31.1. The van der Waals surface area contributed by atoms with Crippen molar-refractivity contribution in [3.8, 4) is 5.75 Å². The van der Waals surface area contributed by atoms with E-state index in [1.54, 1.807) is 31.0 Å². The van der Waals surface area contributed by atoms with Gasteiger partial charge >= 0.3 is 0 Å². The van der Waals surface area contributed by atoms with Crippen LogP contribution >= 0.6 is 11.6 Å². The molecule has 1 aromatic carbocycles. The topological polar surface area (TPSA) is 153 Å². The van der Waals surface area contributed by atoms with Crippen LogP contribution in [0.2, 0.25) is 5.15 Å². The van der Waals surface area contributed by atoms with Gasteiger partial charge in [-0.25, -0.2) is 23.1 Å². The van der Waals surface area contributed by atoms with Gasteiger partial charge in [0.15, 0.2) is 11.4 Å². The summed E-state index contributed by atoms with van der Waals surface area (Å²) in [5.74, 6) is 0.358. The van der Waals surface area contributed by atoms with Crippen molar-refractivity contribution >= 4 is 50.1 Å². The fourth-order valence-corrected chi connectivity index (χ4v) is 5.94. The van der Waals surface area contributed by atoms with Gasteiger partial charge in [-0.1, -0.05) is 17.7 Å². The Balaban J connectivity index is 1.47. The Morgan fingerprint density at radius 3 is 2.56 bits per heavy atom. The first-order chi connectivity index (χ1) is 20.3. The molecule has 1 amide bonds. The van der Waals surface area contributed by atoms with Crippen LogP contribution in [-0.2, 0) is 17.1 Å². The number of fused-ring (bicyclic) bond motifs is 1. The van der Waals surface area contributed by atoms with Gasteiger partial charge in [0.1, 0.15) is 5.15 Å². The highest BCUT2D eigenvalue weighted by Crippen LogP contribution is 2.31. The number of ether oxygens (including phenoxy) is 1. The number of aryl methyl sites for hydroxylation is 1. The van der Waals surface area contributed by atoms with Crippen LogP contribution in [0.1, 0.15) is 53.5 Å². The number of carbonyl (C=O) groups is 1. The standard InChI is InChI=1S/C28H33ClN8O5S/c1-16-12-20(17(2)31-22-6-7-23(29)32-25(22)26(38)34-43(5,40)41)24-21(13-16)27(39)35(3)28(33-24)36-10-8-18(9-11-36)37-15-19(42-4)14-30-37/h6-7,12-15,17-18,31H,8-11H2,1-5H3,(H,34,38)/t17-/m1/s1. The van der Waals surface area contributed by atoms with Crippen LogP contribution in [0.25, 0.3) is 10.9 Å². The number of pyridine rings is 1. The summed E-state index contributed by atoms with van der Waals surface area (Å²) in [5.41, 5.74) is 2.06. The second kappa shape index (κ2) is 11.8. The van der Waals surface area contributed by atoms with Crippen LogP contribution in [0.4, 0.5) is 11.6 Å². The maximum atomic E-state index is 13.6. The molecular formula is C28H33ClN8O5S. The second-order valence-corrected chi connectivity index (χ2v) is 12.8. The number of hydrogen-bond donors (Lipinski definition) is 2. The molecule has 1 atom stereocenters. The fourth-order valence-electron chi connectivity index (χ4n) is 5.36. The molecule has 4 aromatic rings. The van der Waals surface area contributed by atoms with E-state index in [4.69, 9.17) is 21.3 Å². The fraction of sp³-hybridized carbons (Fsp3) is 0.393. The molecule has 43 heavy (non-hydrogen) atoms. The van der Waals surface area contributed by atoms with Crippen LogP contribution in [0.15, 0.2) is 41.5 Å². The summed E-state index contributed by atoms with van der Waals surface area (Å²) in [6.45, 7) is 5.13. The number of halogens is 1. The van der Waals surface area contributed by atoms with E-state index in [2.05, 4.69) is 20.3 Å². The van der Waals surface area contributed by atoms with E-state index in [0.29, 0.717) is 35.7 Å². The van der Waals surface area contributed by atoms with Crippen molar-refractivity contribution < 1.29 is 17.9 Å². The predicted molar refractivity (Wildman–Crippen MR) is 165 cm³/mol. The number of methoxy groups -OCH3 is 1. The van der Waals surface area contributed by atoms with E-state index >= 15 is 0 Å². The van der Waals surface area contributed by atoms with Crippen molar-refractivity contribution in [2.24, 2.45) is 7.05 Å². The minimum absolute atomic E-state index is 0.0307. The number of hydrogen-bond acceptors (Lipinski definition) is 10. The van der Waals surface area contributed by atoms with Gasteiger partial charge in [0.25, 0.3) is 11.5 Å². The third kappa shape index (κ3) is 6.44. The molecular weight excluding hydrogens is 596 g/mol. The normalized spacial score (nSPS) is 15.0. The second-order valence-electron chi connectivity index (χ2n) is 10.7. The molecule has 0 unspecified atom stereocenters. The van der Waals surface area contributed by atoms with E-state index in [0.717, 1.165) is 30.2 Å². The van der Waals surface area contributed by atoms with Crippen molar-refractivity contribution in [2.45, 2.75) is 38.8 Å². The largest absolute Gasteiger partial charge is 0.493 e. The molecule has 4 heterocycles. The lowest BCUT2D eigenvalue weighted by Gasteiger charge is -2.33. The lowest BCUT2D eigenvalue weighted by atomic mass is 10.0. The Hall–Kier alpha value is -4.17. The monoisotopic (exact) mass is 628 g/mol. The maximum Gasteiger partial charge on any atom is 0.285 e. The number of benzene rings is 1. The molecule has 228 valence electrons. The van der Waals surface area contributed by atoms with Gasteiger partial charge in [0.2, 0.25) is 16.0 Å². The van der Waals surface area contributed by atoms with Crippen molar-refractivity contribution in [2.75, 3.05) is 36.7 Å². The molecule has 0 bridgehead atoms. The number of nitrogens with one attached hydrogen (secondary N) is 2. The molecule has 1 aliphatic rings. The summed E-state index contributed by atoms with van der Waals surface area (Å²) in [6, 6.07) is 6.56. The highest BCUT2D eigenvalue weighted by molar-refractivity contribution is 7.89. The van der Waals surface area contributed by atoms with E-state index in [-0.39, 0.29) is 28.1 Å². The minimum Gasteiger partial charge on any atom is -0.493 e. The zero-order valence-electron chi connectivity index (χ0n) is 24.5. The maximum absolute atomic E-state index is 13.6. The Morgan fingerprint density at radius 2 is 1.91 bits per heavy atom. The number of rotatable bonds is 8. The Bertz CT molecular complexity index is 1860. The molecule has 13 nitrogen and oxygen atoms in total. The Kier molecular flexibility index (Phi) is 8.34. The predicted octanol–water partition coefficient (Wildman–Crippen LogP) is 3.20. The van der Waals surface area contributed by atoms with E-state index in [9.17, 15) is 18.0 Å². The first-order valence-corrected chi connectivity index (χ1v) is 15.9. The molecule has 1 fully saturated rings. The number of nitrogens with zero attached hydrogens (tertiary/aromatic N) is 6. The number of amides is 1. The van der Waals surface area contributed by atoms with Crippen molar-refractivity contribution in [3.05, 3.63) is 69.0 Å². The summed E-state index contributed by atoms with van der Waals surface area (Å²) < 4.78 is 34.1. The van der Waals surface area contributed by atoms with Gasteiger partial charge in [-0.2, -0.15) is 5.10 Å². The number of sulfonamides is 1. The molecule has 0 radical (unpaired) electrons. The third-order valence-corrected chi connectivity index (χ3v) is 8.23. The minimum atomic E-state index is -3.83. The third-order valence-electron chi connectivity index (χ3n) is 7.46. The van der Waals surface area contributed by atoms with Crippen molar-refractivity contribution in [1.82, 2.24) is 29.0 Å². The molecule has 1 saturated heterocycles. The van der Waals surface area contributed by atoms with E-state index < -0.39 is 22.0 Å². The highest BCUT2D eigenvalue weighted by Gasteiger charge is 2.26. The van der Waals surface area contributed by atoms with Crippen LogP contribution in [0, 0.1) is 6.92 Å². The van der Waals surface area contributed by atoms with Gasteiger partial charge in [-0.05, 0) is 50.5 Å². The smallest absolute Gasteiger partial charge is 0.285 e. The molecule has 3 aromatic heterocycles. The SMILES string of the molecule is COc1cnn(C2CCN(c3nc4c([C@@H](C)Nc5ccc(Cl)nc5C(=O)NS(C)(=O)=O)cc(C)cc4c(=O)n3C)CC2)c1. The van der Waals surface area contributed by atoms with Gasteiger partial charge in [0.05, 0.1) is 54.4 Å². The van der Waals surface area contributed by atoms with Gasteiger partial charge in [0, 0.05) is 25.7 Å². The summed E-state index contributed by atoms with van der Waals surface area (Å²) in [7, 11) is -0.492. The van der Waals surface area contributed by atoms with E-state index in [1.807, 2.05) is 41.6 Å². The van der Waals surface area contributed by atoms with Gasteiger partial charge in [-0.3, -0.25) is 18.8 Å². The molecule has 1 aliphatic heterocycles. The van der Waals surface area contributed by atoms with Crippen LogP contribution in [0.3, 0.4) is 0 Å². The lowest BCUT2D eigenvalue weighted by Crippen LogP contribution is -2.39. The molecule has 0 spiro atoms. The number of carbonyl (C=O) groups excluding carboxylic acids is 1. The summed E-state index contributed by atoms with van der Waals surface area (Å²) in [4.78, 5) is 37.5. The number of anilines is 2. The average molecular weight is 629 g/mol. The van der Waals surface area contributed by atoms with Crippen molar-refractivity contribution in [1.29, 1.82) is 0 Å². The quantitative estimate of drug-likeness (QED) is 0.278. The molecule has 0 saturated carbocycles. The Labute approximate surface area is 253 Å². The lowest BCUT2D eigenvalue weighted by molar-refractivity contribution is 0.0977. The Morgan fingerprint density at radius 1 is 1.19 bits per heavy atom. The molecule has 2 N–H and O–H groups in total. The van der Waals surface area contributed by atoms with Gasteiger partial charge in [-0.15, -0.1) is 0 Å². The van der Waals surface area contributed by atoms with E-state index in [1.165, 1.54) is 6.07 Å².